The van der Waals surface area contributed by atoms with Gasteiger partial charge in [0, 0.05) is 25.3 Å². The maximum Gasteiger partial charge on any atom is 0.254 e. The van der Waals surface area contributed by atoms with E-state index >= 15 is 0 Å². The number of hydrogen-bond acceptors (Lipinski definition) is 3. The van der Waals surface area contributed by atoms with Gasteiger partial charge < -0.3 is 14.4 Å². The summed E-state index contributed by atoms with van der Waals surface area (Å²) >= 11 is 0. The molecule has 0 bridgehead atoms. The fourth-order valence-corrected chi connectivity index (χ4v) is 2.99. The molecular weight excluding hydrogens is 302 g/mol. The Balaban J connectivity index is 2.02. The molecular formula is C20H31NO3. The van der Waals surface area contributed by atoms with E-state index in [1.165, 1.54) is 0 Å². The highest BCUT2D eigenvalue weighted by Gasteiger charge is 2.19. The Kier molecular flexibility index (Phi) is 7.10. The van der Waals surface area contributed by atoms with Gasteiger partial charge in [-0.3, -0.25) is 4.79 Å². The van der Waals surface area contributed by atoms with Gasteiger partial charge in [0.2, 0.25) is 0 Å². The number of carbonyl (C=O) groups is 1. The van der Waals surface area contributed by atoms with Crippen LogP contribution in [0.5, 0.6) is 5.75 Å². The van der Waals surface area contributed by atoms with E-state index in [4.69, 9.17) is 9.47 Å². The third-order valence-corrected chi connectivity index (χ3v) is 4.00. The van der Waals surface area contributed by atoms with Gasteiger partial charge in [0.05, 0.1) is 6.10 Å². The second-order valence-corrected chi connectivity index (χ2v) is 7.47. The van der Waals surface area contributed by atoms with Crippen molar-refractivity contribution >= 4 is 5.91 Å². The van der Waals surface area contributed by atoms with Gasteiger partial charge in [-0.1, -0.05) is 33.8 Å². The van der Waals surface area contributed by atoms with Gasteiger partial charge in [0.25, 0.3) is 5.91 Å². The molecule has 1 aliphatic heterocycles. The lowest BCUT2D eigenvalue weighted by molar-refractivity contribution is 0.0675. The maximum absolute atomic E-state index is 12.9. The van der Waals surface area contributed by atoms with Crippen molar-refractivity contribution in [3.63, 3.8) is 0 Å². The summed E-state index contributed by atoms with van der Waals surface area (Å²) in [5, 5.41) is 0. The first-order chi connectivity index (χ1) is 11.5. The van der Waals surface area contributed by atoms with Crippen LogP contribution in [-0.2, 0) is 4.74 Å². The van der Waals surface area contributed by atoms with Gasteiger partial charge in [0.1, 0.15) is 12.4 Å². The molecule has 0 aliphatic carbocycles. The van der Waals surface area contributed by atoms with Crippen LogP contribution in [-0.4, -0.2) is 43.2 Å². The van der Waals surface area contributed by atoms with Crippen LogP contribution in [0.1, 0.15) is 50.9 Å². The molecule has 1 amide bonds. The molecule has 4 nitrogen and oxygen atoms in total. The zero-order valence-corrected chi connectivity index (χ0v) is 15.5. The summed E-state index contributed by atoms with van der Waals surface area (Å²) in [6.07, 6.45) is 2.34. The number of carbonyl (C=O) groups excluding carboxylic acids is 1. The van der Waals surface area contributed by atoms with Crippen molar-refractivity contribution < 1.29 is 14.3 Å². The van der Waals surface area contributed by atoms with Crippen LogP contribution in [0.3, 0.4) is 0 Å². The van der Waals surface area contributed by atoms with Crippen molar-refractivity contribution in [1.29, 1.82) is 0 Å². The van der Waals surface area contributed by atoms with Crippen LogP contribution in [0.15, 0.2) is 24.3 Å². The first-order valence-corrected chi connectivity index (χ1v) is 9.09. The summed E-state index contributed by atoms with van der Waals surface area (Å²) in [6, 6.07) is 7.52. The minimum atomic E-state index is 0.0833. The average Bonchev–Trinajstić information content (AvgIpc) is 3.04. The van der Waals surface area contributed by atoms with E-state index in [0.717, 1.165) is 38.3 Å². The van der Waals surface area contributed by atoms with Gasteiger partial charge in [-0.2, -0.15) is 0 Å². The van der Waals surface area contributed by atoms with Gasteiger partial charge in [-0.05, 0) is 42.9 Å². The van der Waals surface area contributed by atoms with Crippen LogP contribution >= 0.6 is 0 Å². The number of nitrogens with zero attached hydrogens (tertiary/aromatic N) is 1. The first kappa shape index (κ1) is 18.8. The first-order valence-electron chi connectivity index (χ1n) is 9.09. The molecule has 1 aromatic rings. The van der Waals surface area contributed by atoms with Crippen molar-refractivity contribution in [2.45, 2.75) is 46.6 Å². The van der Waals surface area contributed by atoms with E-state index in [1.807, 2.05) is 29.2 Å². The molecule has 1 unspecified atom stereocenters. The predicted molar refractivity (Wildman–Crippen MR) is 96.5 cm³/mol. The zero-order valence-electron chi connectivity index (χ0n) is 15.5. The van der Waals surface area contributed by atoms with E-state index in [2.05, 4.69) is 27.7 Å². The third-order valence-electron chi connectivity index (χ3n) is 4.00. The van der Waals surface area contributed by atoms with Crippen LogP contribution in [0.4, 0.5) is 0 Å². The number of amides is 1. The van der Waals surface area contributed by atoms with Crippen LogP contribution < -0.4 is 4.74 Å². The van der Waals surface area contributed by atoms with Gasteiger partial charge in [0.15, 0.2) is 0 Å². The highest BCUT2D eigenvalue weighted by Crippen LogP contribution is 2.19. The van der Waals surface area contributed by atoms with Crippen molar-refractivity contribution in [2.24, 2.45) is 11.8 Å². The van der Waals surface area contributed by atoms with Crippen LogP contribution in [0.25, 0.3) is 0 Å². The van der Waals surface area contributed by atoms with Gasteiger partial charge >= 0.3 is 0 Å². The Hall–Kier alpha value is -1.55. The molecule has 24 heavy (non-hydrogen) atoms. The summed E-state index contributed by atoms with van der Waals surface area (Å²) in [4.78, 5) is 14.8. The smallest absolute Gasteiger partial charge is 0.254 e. The molecule has 1 aliphatic rings. The second-order valence-electron chi connectivity index (χ2n) is 7.47. The predicted octanol–water partition coefficient (Wildman–Crippen LogP) is 4.00. The fraction of sp³-hybridized carbons (Fsp3) is 0.650. The Labute approximate surface area is 146 Å². The summed E-state index contributed by atoms with van der Waals surface area (Å²) in [5.41, 5.74) is 0.696. The number of ether oxygens (including phenoxy) is 2. The zero-order chi connectivity index (χ0) is 17.5. The monoisotopic (exact) mass is 333 g/mol. The van der Waals surface area contributed by atoms with E-state index in [1.54, 1.807) is 0 Å². The quantitative estimate of drug-likeness (QED) is 0.722. The van der Waals surface area contributed by atoms with E-state index < -0.39 is 0 Å². The summed E-state index contributed by atoms with van der Waals surface area (Å²) in [5.74, 6) is 1.73. The van der Waals surface area contributed by atoms with Gasteiger partial charge in [-0.15, -0.1) is 0 Å². The summed E-state index contributed by atoms with van der Waals surface area (Å²) < 4.78 is 11.4. The minimum absolute atomic E-state index is 0.0833. The molecule has 1 aromatic carbocycles. The number of benzene rings is 1. The Morgan fingerprint density at radius 3 is 2.54 bits per heavy atom. The molecule has 1 heterocycles. The SMILES string of the molecule is CC(C)CN(CC(C)C)C(=O)c1cccc(OCC2CCCO2)c1. The Morgan fingerprint density at radius 1 is 1.25 bits per heavy atom. The molecule has 0 N–H and O–H groups in total. The van der Waals surface area contributed by atoms with Gasteiger partial charge in [-0.25, -0.2) is 0 Å². The van der Waals surface area contributed by atoms with E-state index in [0.29, 0.717) is 24.0 Å². The van der Waals surface area contributed by atoms with Crippen molar-refractivity contribution in [3.8, 4) is 5.75 Å². The molecule has 0 aromatic heterocycles. The second kappa shape index (κ2) is 9.07. The molecule has 1 atom stereocenters. The topological polar surface area (TPSA) is 38.8 Å². The van der Waals surface area contributed by atoms with E-state index in [9.17, 15) is 4.79 Å². The average molecular weight is 333 g/mol. The minimum Gasteiger partial charge on any atom is -0.491 e. The third kappa shape index (κ3) is 5.82. The molecule has 134 valence electrons. The Morgan fingerprint density at radius 2 is 1.96 bits per heavy atom. The fourth-order valence-electron chi connectivity index (χ4n) is 2.99. The molecule has 2 rings (SSSR count). The van der Waals surface area contributed by atoms with Crippen molar-refractivity contribution in [1.82, 2.24) is 4.90 Å². The summed E-state index contributed by atoms with van der Waals surface area (Å²) in [6.45, 7) is 11.5. The highest BCUT2D eigenvalue weighted by atomic mass is 16.5. The number of hydrogen-bond donors (Lipinski definition) is 0. The largest absolute Gasteiger partial charge is 0.491 e. The molecule has 0 radical (unpaired) electrons. The molecule has 1 saturated heterocycles. The standard InChI is InChI=1S/C20H31NO3/c1-15(2)12-21(13-16(3)4)20(22)17-7-5-8-18(11-17)24-14-19-9-6-10-23-19/h5,7-8,11,15-16,19H,6,9-10,12-14H2,1-4H3. The Bertz CT molecular complexity index is 511. The summed E-state index contributed by atoms with van der Waals surface area (Å²) in [7, 11) is 0. The van der Waals surface area contributed by atoms with E-state index in [-0.39, 0.29) is 12.0 Å². The molecule has 4 heteroatoms. The van der Waals surface area contributed by atoms with Crippen molar-refractivity contribution in [2.75, 3.05) is 26.3 Å². The lowest BCUT2D eigenvalue weighted by Crippen LogP contribution is -2.37. The van der Waals surface area contributed by atoms with Crippen LogP contribution in [0, 0.1) is 11.8 Å². The molecule has 1 fully saturated rings. The normalized spacial score (nSPS) is 17.5. The van der Waals surface area contributed by atoms with Crippen LogP contribution in [0.2, 0.25) is 0 Å². The lowest BCUT2D eigenvalue weighted by Gasteiger charge is -2.26. The molecule has 0 saturated carbocycles. The maximum atomic E-state index is 12.9. The number of rotatable bonds is 8. The lowest BCUT2D eigenvalue weighted by atomic mass is 10.1. The highest BCUT2D eigenvalue weighted by molar-refractivity contribution is 5.94. The molecule has 0 spiro atoms. The van der Waals surface area contributed by atoms with Crippen molar-refractivity contribution in [3.05, 3.63) is 29.8 Å².